The molecule has 2 aliphatic rings. The number of nitro groups is 1. The molecule has 2 aliphatic heterocycles. The van der Waals surface area contributed by atoms with E-state index in [1.165, 1.54) is 12.1 Å². The maximum Gasteiger partial charge on any atom is 0.336 e. The SMILES string of the molecule is Cc1onc(-c2ccc([N+](=O)[O-])cc2)c1[C@@]1(C(=O)O)N2C(=S)[C@@H](C)[C@H]2SC1(C)C. The number of aromatic nitrogens is 1. The number of fused-ring (bicyclic) bond motifs is 1. The quantitative estimate of drug-likeness (QED) is 0.435. The molecule has 3 heterocycles. The first-order valence-corrected chi connectivity index (χ1v) is 10.3. The van der Waals surface area contributed by atoms with Crippen molar-refractivity contribution in [3.05, 3.63) is 45.7 Å². The van der Waals surface area contributed by atoms with Crippen molar-refractivity contribution < 1.29 is 19.3 Å². The lowest BCUT2D eigenvalue weighted by Crippen LogP contribution is -2.67. The van der Waals surface area contributed by atoms with E-state index in [1.807, 2.05) is 20.8 Å². The van der Waals surface area contributed by atoms with Gasteiger partial charge < -0.3 is 14.5 Å². The Kier molecular flexibility index (Phi) is 4.29. The third-order valence-corrected chi connectivity index (χ3v) is 8.16. The zero-order valence-corrected chi connectivity index (χ0v) is 17.8. The first kappa shape index (κ1) is 19.8. The van der Waals surface area contributed by atoms with Gasteiger partial charge in [0, 0.05) is 23.6 Å². The van der Waals surface area contributed by atoms with Crippen LogP contribution >= 0.6 is 24.0 Å². The highest BCUT2D eigenvalue weighted by molar-refractivity contribution is 8.01. The number of hydrogen-bond donors (Lipinski definition) is 1. The van der Waals surface area contributed by atoms with Gasteiger partial charge in [0.1, 0.15) is 11.5 Å². The molecule has 2 aromatic rings. The summed E-state index contributed by atoms with van der Waals surface area (Å²) in [5.74, 6) is -0.544. The lowest BCUT2D eigenvalue weighted by molar-refractivity contribution is -0.384. The first-order valence-electron chi connectivity index (χ1n) is 9.00. The van der Waals surface area contributed by atoms with E-state index < -0.39 is 21.2 Å². The summed E-state index contributed by atoms with van der Waals surface area (Å²) in [5, 5.41) is 25.6. The van der Waals surface area contributed by atoms with E-state index in [1.54, 1.807) is 35.7 Å². The predicted octanol–water partition coefficient (Wildman–Crippen LogP) is 3.97. The summed E-state index contributed by atoms with van der Waals surface area (Å²) in [7, 11) is 0. The molecule has 1 aromatic carbocycles. The van der Waals surface area contributed by atoms with Crippen LogP contribution in [0.15, 0.2) is 28.8 Å². The van der Waals surface area contributed by atoms with Crippen molar-refractivity contribution in [2.75, 3.05) is 0 Å². The van der Waals surface area contributed by atoms with Crippen molar-refractivity contribution in [3.8, 4) is 11.3 Å². The van der Waals surface area contributed by atoms with Gasteiger partial charge in [-0.3, -0.25) is 10.1 Å². The standard InChI is InChI=1S/C19H19N3O5S2/c1-9-15(28)21-16(9)29-18(3,4)19(21,17(23)24)13-10(2)27-20-14(13)11-5-7-12(8-6-11)22(25)26/h5-9,16H,1-4H3,(H,23,24)/t9-,16-,19+/m1/s1. The summed E-state index contributed by atoms with van der Waals surface area (Å²) in [6, 6.07) is 5.84. The molecule has 1 aromatic heterocycles. The van der Waals surface area contributed by atoms with Gasteiger partial charge in [-0.25, -0.2) is 4.79 Å². The fourth-order valence-corrected chi connectivity index (χ4v) is 6.73. The molecule has 2 saturated heterocycles. The van der Waals surface area contributed by atoms with Crippen LogP contribution in [0.5, 0.6) is 0 Å². The Morgan fingerprint density at radius 3 is 2.55 bits per heavy atom. The topological polar surface area (TPSA) is 110 Å². The third-order valence-electron chi connectivity index (χ3n) is 5.84. The Balaban J connectivity index is 1.96. The van der Waals surface area contributed by atoms with Crippen LogP contribution in [0.1, 0.15) is 32.1 Å². The Bertz CT molecular complexity index is 1050. The average Bonchev–Trinajstić information content (AvgIpc) is 3.15. The molecule has 0 spiro atoms. The molecule has 10 heteroatoms. The molecule has 0 unspecified atom stereocenters. The number of carbonyl (C=O) groups is 1. The number of rotatable bonds is 4. The van der Waals surface area contributed by atoms with Gasteiger partial charge in [-0.05, 0) is 32.9 Å². The molecular formula is C19H19N3O5S2. The highest BCUT2D eigenvalue weighted by atomic mass is 32.2. The van der Waals surface area contributed by atoms with E-state index in [2.05, 4.69) is 5.16 Å². The van der Waals surface area contributed by atoms with Crippen molar-refractivity contribution in [1.29, 1.82) is 0 Å². The monoisotopic (exact) mass is 433 g/mol. The summed E-state index contributed by atoms with van der Waals surface area (Å²) in [4.78, 5) is 25.8. The highest BCUT2D eigenvalue weighted by Gasteiger charge is 2.72. The molecule has 152 valence electrons. The Morgan fingerprint density at radius 2 is 2.00 bits per heavy atom. The lowest BCUT2D eigenvalue weighted by atomic mass is 9.73. The minimum atomic E-state index is -1.47. The van der Waals surface area contributed by atoms with Crippen LogP contribution in [0.3, 0.4) is 0 Å². The van der Waals surface area contributed by atoms with Crippen LogP contribution < -0.4 is 0 Å². The van der Waals surface area contributed by atoms with Crippen LogP contribution in [0, 0.1) is 23.0 Å². The van der Waals surface area contributed by atoms with E-state index >= 15 is 0 Å². The second kappa shape index (κ2) is 6.27. The number of carboxylic acid groups (broad SMARTS) is 1. The van der Waals surface area contributed by atoms with Crippen molar-refractivity contribution >= 4 is 40.6 Å². The van der Waals surface area contributed by atoms with Gasteiger partial charge in [-0.2, -0.15) is 0 Å². The zero-order valence-electron chi connectivity index (χ0n) is 16.2. The fourth-order valence-electron chi connectivity index (χ4n) is 4.42. The lowest BCUT2D eigenvalue weighted by Gasteiger charge is -2.51. The van der Waals surface area contributed by atoms with Gasteiger partial charge in [0.2, 0.25) is 0 Å². The highest BCUT2D eigenvalue weighted by Crippen LogP contribution is 2.64. The van der Waals surface area contributed by atoms with E-state index in [4.69, 9.17) is 16.7 Å². The number of carboxylic acids is 1. The van der Waals surface area contributed by atoms with Crippen LogP contribution in [0.25, 0.3) is 11.3 Å². The van der Waals surface area contributed by atoms with E-state index in [0.29, 0.717) is 27.6 Å². The maximum absolute atomic E-state index is 12.9. The second-order valence-electron chi connectivity index (χ2n) is 7.80. The van der Waals surface area contributed by atoms with Crippen LogP contribution in [0.2, 0.25) is 0 Å². The summed E-state index contributed by atoms with van der Waals surface area (Å²) in [5.41, 5.74) is -0.179. The van der Waals surface area contributed by atoms with Gasteiger partial charge >= 0.3 is 5.97 Å². The molecule has 29 heavy (non-hydrogen) atoms. The van der Waals surface area contributed by atoms with Gasteiger partial charge in [-0.1, -0.05) is 24.3 Å². The van der Waals surface area contributed by atoms with E-state index in [0.717, 1.165) is 0 Å². The zero-order chi connectivity index (χ0) is 21.3. The van der Waals surface area contributed by atoms with Crippen LogP contribution in [-0.4, -0.2) is 41.2 Å². The van der Waals surface area contributed by atoms with Crippen molar-refractivity contribution in [3.63, 3.8) is 0 Å². The summed E-state index contributed by atoms with van der Waals surface area (Å²) in [6.07, 6.45) is 0. The Labute approximate surface area is 176 Å². The minimum absolute atomic E-state index is 0.0485. The van der Waals surface area contributed by atoms with Crippen molar-refractivity contribution in [1.82, 2.24) is 10.1 Å². The Morgan fingerprint density at radius 1 is 1.38 bits per heavy atom. The number of aryl methyl sites for hydroxylation is 1. The largest absolute Gasteiger partial charge is 0.479 e. The van der Waals surface area contributed by atoms with E-state index in [9.17, 15) is 20.0 Å². The normalized spacial score (nSPS) is 27.4. The number of nitrogens with zero attached hydrogens (tertiary/aromatic N) is 3. The molecule has 1 N–H and O–H groups in total. The van der Waals surface area contributed by atoms with Crippen molar-refractivity contribution in [2.24, 2.45) is 5.92 Å². The van der Waals surface area contributed by atoms with Crippen molar-refractivity contribution in [2.45, 2.75) is 43.4 Å². The number of benzene rings is 1. The Hall–Kier alpha value is -2.46. The molecule has 4 rings (SSSR count). The smallest absolute Gasteiger partial charge is 0.336 e. The van der Waals surface area contributed by atoms with Gasteiger partial charge in [0.15, 0.2) is 5.54 Å². The molecular weight excluding hydrogens is 414 g/mol. The predicted molar refractivity (Wildman–Crippen MR) is 112 cm³/mol. The molecule has 0 amide bonds. The molecule has 0 bridgehead atoms. The van der Waals surface area contributed by atoms with Crippen LogP contribution in [0.4, 0.5) is 5.69 Å². The summed E-state index contributed by atoms with van der Waals surface area (Å²) < 4.78 is 4.72. The van der Waals surface area contributed by atoms with E-state index in [-0.39, 0.29) is 17.0 Å². The van der Waals surface area contributed by atoms with Gasteiger partial charge in [-0.15, -0.1) is 11.8 Å². The van der Waals surface area contributed by atoms with Gasteiger partial charge in [0.25, 0.3) is 5.69 Å². The number of aliphatic carboxylic acids is 1. The number of thiocarbonyl (C=S) groups is 1. The number of thioether (sulfide) groups is 1. The third kappa shape index (κ3) is 2.42. The molecule has 2 fully saturated rings. The van der Waals surface area contributed by atoms with Gasteiger partial charge in [0.05, 0.1) is 25.6 Å². The second-order valence-corrected chi connectivity index (χ2v) is 9.96. The summed E-state index contributed by atoms with van der Waals surface area (Å²) >= 11 is 7.14. The average molecular weight is 434 g/mol. The fraction of sp³-hybridized carbons (Fsp3) is 0.421. The molecule has 3 atom stereocenters. The maximum atomic E-state index is 12.9. The minimum Gasteiger partial charge on any atom is -0.479 e. The molecule has 0 saturated carbocycles. The number of non-ortho nitro benzene ring substituents is 1. The summed E-state index contributed by atoms with van der Waals surface area (Å²) in [6.45, 7) is 7.47. The number of hydrogen-bond acceptors (Lipinski definition) is 7. The number of nitro benzene ring substituents is 1. The molecule has 8 nitrogen and oxygen atoms in total. The van der Waals surface area contributed by atoms with Crippen LogP contribution in [-0.2, 0) is 10.3 Å². The molecule has 0 aliphatic carbocycles. The first-order chi connectivity index (χ1) is 13.5. The molecule has 0 radical (unpaired) electrons.